The van der Waals surface area contributed by atoms with E-state index in [2.05, 4.69) is 24.4 Å². The molecule has 1 aliphatic rings. The van der Waals surface area contributed by atoms with Crippen molar-refractivity contribution in [1.29, 1.82) is 0 Å². The van der Waals surface area contributed by atoms with E-state index in [0.717, 1.165) is 32.5 Å². The van der Waals surface area contributed by atoms with Gasteiger partial charge in [-0.1, -0.05) is 6.92 Å². The highest BCUT2D eigenvalue weighted by Gasteiger charge is 2.12. The van der Waals surface area contributed by atoms with E-state index in [1.165, 1.54) is 29.0 Å². The summed E-state index contributed by atoms with van der Waals surface area (Å²) in [7, 11) is 0. The molecule has 1 atom stereocenters. The Morgan fingerprint density at radius 3 is 2.94 bits per heavy atom. The van der Waals surface area contributed by atoms with Gasteiger partial charge in [0.1, 0.15) is 0 Å². The zero-order valence-electron chi connectivity index (χ0n) is 10.7. The predicted octanol–water partition coefficient (Wildman–Crippen LogP) is 3.36. The Labute approximate surface area is 108 Å². The molecule has 0 aliphatic carbocycles. The lowest BCUT2D eigenvalue weighted by Crippen LogP contribution is -2.24. The Morgan fingerprint density at radius 2 is 2.24 bits per heavy atom. The molecule has 96 valence electrons. The number of thiophene rings is 1. The predicted molar refractivity (Wildman–Crippen MR) is 73.6 cm³/mol. The maximum Gasteiger partial charge on any atom is 0.0587 e. The van der Waals surface area contributed by atoms with Gasteiger partial charge in [0, 0.05) is 22.9 Å². The summed E-state index contributed by atoms with van der Waals surface area (Å²) in [6, 6.07) is 4.49. The third-order valence-corrected chi connectivity index (χ3v) is 4.51. The van der Waals surface area contributed by atoms with E-state index in [0.29, 0.717) is 6.10 Å². The van der Waals surface area contributed by atoms with Crippen LogP contribution in [0.3, 0.4) is 0 Å². The van der Waals surface area contributed by atoms with Crippen LogP contribution >= 0.6 is 11.3 Å². The van der Waals surface area contributed by atoms with Gasteiger partial charge in [-0.15, -0.1) is 11.3 Å². The van der Waals surface area contributed by atoms with Crippen molar-refractivity contribution in [3.63, 3.8) is 0 Å². The van der Waals surface area contributed by atoms with Gasteiger partial charge in [-0.2, -0.15) is 0 Å². The van der Waals surface area contributed by atoms with E-state index >= 15 is 0 Å². The monoisotopic (exact) mass is 253 g/mol. The summed E-state index contributed by atoms with van der Waals surface area (Å²) >= 11 is 1.93. The average Bonchev–Trinajstić information content (AvgIpc) is 2.84. The standard InChI is InChI=1S/C14H23NOS/c1-2-13-6-7-14(17-13)11-15-9-8-12-5-3-4-10-16-12/h6-7,12,15H,2-5,8-11H2,1H3. The molecule has 0 radical (unpaired) electrons. The molecule has 3 heteroatoms. The third kappa shape index (κ3) is 4.41. The fourth-order valence-corrected chi connectivity index (χ4v) is 3.14. The van der Waals surface area contributed by atoms with Crippen molar-refractivity contribution in [3.8, 4) is 0 Å². The van der Waals surface area contributed by atoms with Crippen LogP contribution in [0.15, 0.2) is 12.1 Å². The summed E-state index contributed by atoms with van der Waals surface area (Å²) in [4.78, 5) is 2.93. The Hall–Kier alpha value is -0.380. The minimum absolute atomic E-state index is 0.505. The molecule has 0 bridgehead atoms. The Morgan fingerprint density at radius 1 is 1.35 bits per heavy atom. The summed E-state index contributed by atoms with van der Waals surface area (Å²) in [6.45, 7) is 5.26. The fourth-order valence-electron chi connectivity index (χ4n) is 2.22. The maximum absolute atomic E-state index is 5.71. The highest BCUT2D eigenvalue weighted by molar-refractivity contribution is 7.11. The van der Waals surface area contributed by atoms with Crippen LogP contribution in [-0.4, -0.2) is 19.3 Å². The Balaban J connectivity index is 1.59. The van der Waals surface area contributed by atoms with Gasteiger partial charge >= 0.3 is 0 Å². The van der Waals surface area contributed by atoms with Crippen LogP contribution in [-0.2, 0) is 17.7 Å². The van der Waals surface area contributed by atoms with E-state index in [1.54, 1.807) is 0 Å². The molecule has 2 rings (SSSR count). The largest absolute Gasteiger partial charge is 0.378 e. The van der Waals surface area contributed by atoms with Gasteiger partial charge in [0.05, 0.1) is 6.10 Å². The highest BCUT2D eigenvalue weighted by Crippen LogP contribution is 2.17. The van der Waals surface area contributed by atoms with Crippen molar-refractivity contribution < 1.29 is 4.74 Å². The van der Waals surface area contributed by atoms with Crippen molar-refractivity contribution in [2.75, 3.05) is 13.2 Å². The molecular formula is C14H23NOS. The van der Waals surface area contributed by atoms with Crippen LogP contribution in [0.5, 0.6) is 0 Å². The number of hydrogen-bond acceptors (Lipinski definition) is 3. The van der Waals surface area contributed by atoms with Gasteiger partial charge in [-0.3, -0.25) is 0 Å². The Bertz CT molecular complexity index is 318. The van der Waals surface area contributed by atoms with E-state index in [9.17, 15) is 0 Å². The van der Waals surface area contributed by atoms with Crippen LogP contribution in [0.4, 0.5) is 0 Å². The first-order valence-corrected chi connectivity index (χ1v) is 7.60. The number of nitrogens with one attached hydrogen (secondary N) is 1. The first kappa shape index (κ1) is 13.1. The molecule has 1 aromatic rings. The lowest BCUT2D eigenvalue weighted by atomic mass is 10.1. The van der Waals surface area contributed by atoms with Gasteiger partial charge in [0.15, 0.2) is 0 Å². The maximum atomic E-state index is 5.71. The first-order chi connectivity index (χ1) is 8.38. The molecule has 0 aromatic carbocycles. The normalized spacial score (nSPS) is 20.6. The van der Waals surface area contributed by atoms with Gasteiger partial charge in [-0.25, -0.2) is 0 Å². The quantitative estimate of drug-likeness (QED) is 0.785. The summed E-state index contributed by atoms with van der Waals surface area (Å²) < 4.78 is 5.71. The molecule has 1 N–H and O–H groups in total. The molecule has 1 aromatic heterocycles. The zero-order valence-corrected chi connectivity index (χ0v) is 11.5. The molecule has 1 saturated heterocycles. The molecule has 17 heavy (non-hydrogen) atoms. The molecule has 1 unspecified atom stereocenters. The Kier molecular flexibility index (Phi) is 5.49. The van der Waals surface area contributed by atoms with Crippen LogP contribution in [0.2, 0.25) is 0 Å². The number of ether oxygens (including phenoxy) is 1. The van der Waals surface area contributed by atoms with Crippen LogP contribution in [0.1, 0.15) is 42.4 Å². The lowest BCUT2D eigenvalue weighted by Gasteiger charge is -2.22. The van der Waals surface area contributed by atoms with Crippen molar-refractivity contribution in [1.82, 2.24) is 5.32 Å². The second-order valence-electron chi connectivity index (χ2n) is 4.68. The summed E-state index contributed by atoms with van der Waals surface area (Å²) in [6.07, 6.45) is 6.66. The van der Waals surface area contributed by atoms with Crippen molar-refractivity contribution in [3.05, 3.63) is 21.9 Å². The second kappa shape index (κ2) is 7.14. The van der Waals surface area contributed by atoms with Crippen molar-refractivity contribution in [2.45, 2.75) is 51.7 Å². The smallest absolute Gasteiger partial charge is 0.0587 e. The fraction of sp³-hybridized carbons (Fsp3) is 0.714. The molecule has 1 fully saturated rings. The second-order valence-corrected chi connectivity index (χ2v) is 5.93. The highest BCUT2D eigenvalue weighted by atomic mass is 32.1. The van der Waals surface area contributed by atoms with E-state index in [1.807, 2.05) is 11.3 Å². The van der Waals surface area contributed by atoms with Crippen LogP contribution < -0.4 is 5.32 Å². The molecular weight excluding hydrogens is 230 g/mol. The molecule has 1 aliphatic heterocycles. The van der Waals surface area contributed by atoms with E-state index in [-0.39, 0.29) is 0 Å². The number of rotatable bonds is 6. The first-order valence-electron chi connectivity index (χ1n) is 6.78. The number of aryl methyl sites for hydroxylation is 1. The molecule has 2 heterocycles. The zero-order chi connectivity index (χ0) is 11.9. The van der Waals surface area contributed by atoms with Gasteiger partial charge in [0.25, 0.3) is 0 Å². The van der Waals surface area contributed by atoms with Crippen molar-refractivity contribution in [2.24, 2.45) is 0 Å². The average molecular weight is 253 g/mol. The van der Waals surface area contributed by atoms with E-state index in [4.69, 9.17) is 4.74 Å². The summed E-state index contributed by atoms with van der Waals surface area (Å²) in [5, 5.41) is 3.52. The lowest BCUT2D eigenvalue weighted by molar-refractivity contribution is 0.0115. The van der Waals surface area contributed by atoms with Crippen molar-refractivity contribution >= 4 is 11.3 Å². The minimum Gasteiger partial charge on any atom is -0.378 e. The summed E-state index contributed by atoms with van der Waals surface area (Å²) in [5.74, 6) is 0. The molecule has 2 nitrogen and oxygen atoms in total. The minimum atomic E-state index is 0.505. The number of hydrogen-bond donors (Lipinski definition) is 1. The van der Waals surface area contributed by atoms with Gasteiger partial charge in [0.2, 0.25) is 0 Å². The van der Waals surface area contributed by atoms with Crippen LogP contribution in [0, 0.1) is 0 Å². The molecule has 0 spiro atoms. The summed E-state index contributed by atoms with van der Waals surface area (Å²) in [5.41, 5.74) is 0. The van der Waals surface area contributed by atoms with E-state index < -0.39 is 0 Å². The molecule has 0 amide bonds. The topological polar surface area (TPSA) is 21.3 Å². The SMILES string of the molecule is CCc1ccc(CNCCC2CCCCO2)s1. The van der Waals surface area contributed by atoms with Gasteiger partial charge in [-0.05, 0) is 50.8 Å². The van der Waals surface area contributed by atoms with Gasteiger partial charge < -0.3 is 10.1 Å². The third-order valence-electron chi connectivity index (χ3n) is 3.28. The van der Waals surface area contributed by atoms with Crippen LogP contribution in [0.25, 0.3) is 0 Å². The molecule has 0 saturated carbocycles.